The van der Waals surface area contributed by atoms with E-state index < -0.39 is 5.97 Å². The lowest BCUT2D eigenvalue weighted by atomic mass is 10.2. The van der Waals surface area contributed by atoms with Crippen molar-refractivity contribution < 1.29 is 19.1 Å². The van der Waals surface area contributed by atoms with E-state index in [1.165, 1.54) is 12.0 Å². The molecule has 0 N–H and O–H groups in total. The molecule has 0 unspecified atom stereocenters. The number of carbonyl (C=O) groups excluding carboxylic acids is 2. The van der Waals surface area contributed by atoms with E-state index in [-0.39, 0.29) is 12.5 Å². The van der Waals surface area contributed by atoms with E-state index in [9.17, 15) is 9.59 Å². The van der Waals surface area contributed by atoms with E-state index in [0.29, 0.717) is 37.2 Å². The highest BCUT2D eigenvalue weighted by molar-refractivity contribution is 8.26. The van der Waals surface area contributed by atoms with Gasteiger partial charge >= 0.3 is 5.97 Å². The van der Waals surface area contributed by atoms with Crippen molar-refractivity contribution in [3.63, 3.8) is 0 Å². The Bertz CT molecular complexity index is 713. The molecule has 1 aromatic carbocycles. The minimum absolute atomic E-state index is 0.219. The van der Waals surface area contributed by atoms with Crippen molar-refractivity contribution in [1.29, 1.82) is 0 Å². The average Bonchev–Trinajstić information content (AvgIpc) is 2.78. The Balaban J connectivity index is 2.27. The Kier molecular flexibility index (Phi) is 6.51. The minimum Gasteiger partial charge on any atom is -0.491 e. The maximum atomic E-state index is 12.4. The van der Waals surface area contributed by atoms with Crippen LogP contribution in [0.5, 0.6) is 5.75 Å². The predicted octanol–water partition coefficient (Wildman–Crippen LogP) is 3.77. The molecular weight excluding hydrogens is 393 g/mol. The summed E-state index contributed by atoms with van der Waals surface area (Å²) < 4.78 is 10.2. The van der Waals surface area contributed by atoms with Gasteiger partial charge in [0, 0.05) is 0 Å². The molecule has 1 amide bonds. The van der Waals surface area contributed by atoms with Crippen LogP contribution in [0, 0.1) is 0 Å². The van der Waals surface area contributed by atoms with Gasteiger partial charge in [-0.05, 0) is 30.7 Å². The molecule has 24 heavy (non-hydrogen) atoms. The maximum Gasteiger partial charge on any atom is 0.325 e. The van der Waals surface area contributed by atoms with E-state index in [2.05, 4.69) is 4.74 Å². The van der Waals surface area contributed by atoms with Crippen molar-refractivity contribution in [2.24, 2.45) is 0 Å². The molecule has 0 radical (unpaired) electrons. The maximum absolute atomic E-state index is 12.4. The summed E-state index contributed by atoms with van der Waals surface area (Å²) in [5, 5.41) is 0.696. The Labute approximate surface area is 158 Å². The molecule has 1 heterocycles. The molecular formula is C15H13Cl2NO4S2. The number of thioether (sulfide) groups is 1. The molecule has 0 bridgehead atoms. The molecule has 1 aliphatic heterocycles. The zero-order chi connectivity index (χ0) is 17.9. The van der Waals surface area contributed by atoms with Crippen LogP contribution in [-0.4, -0.2) is 41.4 Å². The van der Waals surface area contributed by atoms with Crippen molar-refractivity contribution in [2.75, 3.05) is 20.3 Å². The highest BCUT2D eigenvalue weighted by atomic mass is 35.5. The van der Waals surface area contributed by atoms with Gasteiger partial charge in [-0.2, -0.15) is 0 Å². The van der Waals surface area contributed by atoms with E-state index in [4.69, 9.17) is 40.2 Å². The number of methoxy groups -OCH3 is 1. The lowest BCUT2D eigenvalue weighted by Crippen LogP contribution is -2.33. The number of esters is 1. The summed E-state index contributed by atoms with van der Waals surface area (Å²) in [5.41, 5.74) is 0.632. The third kappa shape index (κ3) is 4.22. The standard InChI is InChI=1S/C15H13Cl2NO4S2/c1-3-22-13-9(16)4-8(5-10(13)17)6-11-14(20)18(15(23)24-11)7-12(19)21-2/h4-6H,3,7H2,1-2H3/b11-6-. The molecule has 1 aliphatic rings. The molecule has 0 aromatic heterocycles. The largest absolute Gasteiger partial charge is 0.491 e. The van der Waals surface area contributed by atoms with Crippen molar-refractivity contribution in [1.82, 2.24) is 4.90 Å². The van der Waals surface area contributed by atoms with Crippen LogP contribution in [0.2, 0.25) is 10.0 Å². The zero-order valence-electron chi connectivity index (χ0n) is 12.8. The molecule has 0 aliphatic carbocycles. The Morgan fingerprint density at radius 1 is 1.38 bits per heavy atom. The van der Waals surface area contributed by atoms with Gasteiger partial charge in [-0.3, -0.25) is 14.5 Å². The van der Waals surface area contributed by atoms with Crippen LogP contribution in [-0.2, 0) is 14.3 Å². The summed E-state index contributed by atoms with van der Waals surface area (Å²) in [4.78, 5) is 25.3. The summed E-state index contributed by atoms with van der Waals surface area (Å²) in [5.74, 6) is -0.507. The van der Waals surface area contributed by atoms with E-state index >= 15 is 0 Å². The summed E-state index contributed by atoms with van der Waals surface area (Å²) >= 11 is 18.5. The second-order valence-corrected chi connectivity index (χ2v) is 7.08. The van der Waals surface area contributed by atoms with Crippen molar-refractivity contribution in [3.05, 3.63) is 32.6 Å². The molecule has 2 rings (SSSR count). The number of hydrogen-bond donors (Lipinski definition) is 0. The highest BCUT2D eigenvalue weighted by Crippen LogP contribution is 2.37. The van der Waals surface area contributed by atoms with Gasteiger partial charge in [0.15, 0.2) is 5.75 Å². The first kappa shape index (κ1) is 19.1. The number of carbonyl (C=O) groups is 2. The van der Waals surface area contributed by atoms with Crippen LogP contribution < -0.4 is 4.74 Å². The molecule has 0 saturated carbocycles. The van der Waals surface area contributed by atoms with Crippen molar-refractivity contribution >= 4 is 69.5 Å². The van der Waals surface area contributed by atoms with Gasteiger partial charge in [-0.15, -0.1) is 0 Å². The molecule has 0 atom stereocenters. The number of halogens is 2. The van der Waals surface area contributed by atoms with Gasteiger partial charge in [0.1, 0.15) is 10.9 Å². The van der Waals surface area contributed by atoms with Gasteiger partial charge in [0.25, 0.3) is 5.91 Å². The van der Waals surface area contributed by atoms with Crippen molar-refractivity contribution in [3.8, 4) is 5.75 Å². The number of amides is 1. The second-order valence-electron chi connectivity index (χ2n) is 4.59. The van der Waals surface area contributed by atoms with E-state index in [1.54, 1.807) is 18.2 Å². The normalized spacial score (nSPS) is 16.0. The van der Waals surface area contributed by atoms with Gasteiger partial charge in [-0.1, -0.05) is 47.2 Å². The number of thiocarbonyl (C=S) groups is 1. The summed E-state index contributed by atoms with van der Waals surface area (Å²) in [6, 6.07) is 3.29. The predicted molar refractivity (Wildman–Crippen MR) is 99.5 cm³/mol. The van der Waals surface area contributed by atoms with Gasteiger partial charge in [0.05, 0.1) is 28.7 Å². The van der Waals surface area contributed by atoms with Crippen LogP contribution in [0.4, 0.5) is 0 Å². The van der Waals surface area contributed by atoms with Crippen molar-refractivity contribution in [2.45, 2.75) is 6.92 Å². The molecule has 1 aromatic rings. The van der Waals surface area contributed by atoms with Crippen LogP contribution in [0.25, 0.3) is 6.08 Å². The van der Waals surface area contributed by atoms with Crippen LogP contribution in [0.3, 0.4) is 0 Å². The fourth-order valence-electron chi connectivity index (χ4n) is 1.93. The van der Waals surface area contributed by atoms with Crippen LogP contribution >= 0.6 is 47.2 Å². The Hall–Kier alpha value is -1.28. The monoisotopic (exact) mass is 405 g/mol. The lowest BCUT2D eigenvalue weighted by Gasteiger charge is -2.12. The SMILES string of the molecule is CCOc1c(Cl)cc(/C=C2\SC(=S)N(CC(=O)OC)C2=O)cc1Cl. The molecule has 1 saturated heterocycles. The third-order valence-corrected chi connectivity index (χ3v) is 4.93. The zero-order valence-corrected chi connectivity index (χ0v) is 15.9. The highest BCUT2D eigenvalue weighted by Gasteiger charge is 2.33. The fourth-order valence-corrected chi connectivity index (χ4v) is 3.79. The number of ether oxygens (including phenoxy) is 2. The van der Waals surface area contributed by atoms with Crippen LogP contribution in [0.15, 0.2) is 17.0 Å². The lowest BCUT2D eigenvalue weighted by molar-refractivity contribution is -0.143. The smallest absolute Gasteiger partial charge is 0.325 e. The van der Waals surface area contributed by atoms with Gasteiger partial charge in [0.2, 0.25) is 0 Å². The molecule has 128 valence electrons. The summed E-state index contributed by atoms with van der Waals surface area (Å²) in [6.45, 7) is 2.04. The first-order chi connectivity index (χ1) is 11.4. The molecule has 0 spiro atoms. The summed E-state index contributed by atoms with van der Waals surface area (Å²) in [7, 11) is 1.25. The third-order valence-electron chi connectivity index (χ3n) is 3.00. The second kappa shape index (κ2) is 8.20. The molecule has 9 heteroatoms. The van der Waals surface area contributed by atoms with E-state index in [0.717, 1.165) is 11.8 Å². The quantitative estimate of drug-likeness (QED) is 0.422. The Morgan fingerprint density at radius 2 is 2.00 bits per heavy atom. The number of benzene rings is 1. The summed E-state index contributed by atoms with van der Waals surface area (Å²) in [6.07, 6.45) is 1.62. The number of nitrogens with zero attached hydrogens (tertiary/aromatic N) is 1. The first-order valence-electron chi connectivity index (χ1n) is 6.81. The molecule has 1 fully saturated rings. The Morgan fingerprint density at radius 3 is 2.54 bits per heavy atom. The first-order valence-corrected chi connectivity index (χ1v) is 8.79. The van der Waals surface area contributed by atoms with Gasteiger partial charge in [-0.25, -0.2) is 0 Å². The molecule has 5 nitrogen and oxygen atoms in total. The number of rotatable bonds is 5. The minimum atomic E-state index is -0.542. The van der Waals surface area contributed by atoms with E-state index in [1.807, 2.05) is 6.92 Å². The van der Waals surface area contributed by atoms with Crippen LogP contribution in [0.1, 0.15) is 12.5 Å². The number of hydrogen-bond acceptors (Lipinski definition) is 6. The van der Waals surface area contributed by atoms with Gasteiger partial charge < -0.3 is 9.47 Å². The average molecular weight is 406 g/mol. The fraction of sp³-hybridized carbons (Fsp3) is 0.267. The topological polar surface area (TPSA) is 55.8 Å².